The summed E-state index contributed by atoms with van der Waals surface area (Å²) in [4.78, 5) is 0. The van der Waals surface area contributed by atoms with Gasteiger partial charge in [-0.05, 0) is 38.8 Å². The molecule has 6 heteroatoms. The Kier molecular flexibility index (Phi) is 4.76. The Hall–Kier alpha value is -1.14. The van der Waals surface area contributed by atoms with Crippen molar-refractivity contribution in [3.63, 3.8) is 0 Å². The molecule has 0 unspecified atom stereocenters. The summed E-state index contributed by atoms with van der Waals surface area (Å²) in [6.07, 6.45) is 1.83. The molecule has 2 rings (SSSR count). The Morgan fingerprint density at radius 3 is 2.79 bits per heavy atom. The maximum atomic E-state index is 5.77. The average molecular weight is 343 g/mol. The molecule has 0 fully saturated rings. The van der Waals surface area contributed by atoms with Crippen LogP contribution in [-0.4, -0.2) is 15.3 Å². The fraction of sp³-hybridized carbons (Fsp3) is 0.308. The van der Waals surface area contributed by atoms with Gasteiger partial charge < -0.3 is 9.47 Å². The first kappa shape index (κ1) is 14.3. The van der Waals surface area contributed by atoms with Crippen molar-refractivity contribution in [2.24, 2.45) is 0 Å². The summed E-state index contributed by atoms with van der Waals surface area (Å²) in [5.74, 6) is 1.34. The molecule has 0 amide bonds. The second kappa shape index (κ2) is 6.34. The van der Waals surface area contributed by atoms with E-state index in [1.165, 1.54) is 4.09 Å². The smallest absolute Gasteiger partial charge is 0.234 e. The van der Waals surface area contributed by atoms with Crippen molar-refractivity contribution in [3.8, 4) is 11.6 Å². The van der Waals surface area contributed by atoms with Crippen molar-refractivity contribution < 1.29 is 9.47 Å². The number of nitrogens with zero attached hydrogens (tertiary/aromatic N) is 2. The van der Waals surface area contributed by atoms with Gasteiger partial charge in [-0.2, -0.15) is 0 Å². The van der Waals surface area contributed by atoms with Gasteiger partial charge in [0.2, 0.25) is 5.88 Å². The lowest BCUT2D eigenvalue weighted by Gasteiger charge is -2.15. The minimum Gasteiger partial charge on any atom is -0.491 e. The molecular weight excluding hydrogens is 328 g/mol. The molecule has 1 aromatic carbocycles. The molecule has 102 valence electrons. The maximum absolute atomic E-state index is 5.77. The highest BCUT2D eigenvalue weighted by atomic mass is 79.9. The van der Waals surface area contributed by atoms with Gasteiger partial charge in [0.1, 0.15) is 12.4 Å². The van der Waals surface area contributed by atoms with E-state index in [0.717, 1.165) is 15.8 Å². The zero-order chi connectivity index (χ0) is 13.8. The summed E-state index contributed by atoms with van der Waals surface area (Å²) in [5.41, 5.74) is 0.963. The quantitative estimate of drug-likeness (QED) is 0.841. The van der Waals surface area contributed by atoms with Crippen molar-refractivity contribution in [3.05, 3.63) is 40.5 Å². The van der Waals surface area contributed by atoms with Gasteiger partial charge in [0.25, 0.3) is 0 Å². The molecule has 2 aromatic rings. The minimum absolute atomic E-state index is 0.115. The van der Waals surface area contributed by atoms with Crippen molar-refractivity contribution in [2.75, 3.05) is 0 Å². The maximum Gasteiger partial charge on any atom is 0.234 e. The normalized spacial score (nSPS) is 10.8. The molecule has 0 aliphatic heterocycles. The van der Waals surface area contributed by atoms with Crippen molar-refractivity contribution >= 4 is 28.7 Å². The van der Waals surface area contributed by atoms with E-state index in [2.05, 4.69) is 33.8 Å². The number of thiol groups is 1. The predicted octanol–water partition coefficient (Wildman–Crippen LogP) is 3.70. The Morgan fingerprint density at radius 1 is 1.37 bits per heavy atom. The largest absolute Gasteiger partial charge is 0.491 e. The Labute approximate surface area is 126 Å². The van der Waals surface area contributed by atoms with Crippen LogP contribution in [0, 0.1) is 0 Å². The number of hydrogen-bond donors (Lipinski definition) is 1. The number of aromatic nitrogens is 2. The molecule has 0 saturated carbocycles. The first-order valence-electron chi connectivity index (χ1n) is 5.88. The van der Waals surface area contributed by atoms with Crippen LogP contribution in [0.5, 0.6) is 11.6 Å². The number of rotatable bonds is 5. The summed E-state index contributed by atoms with van der Waals surface area (Å²) < 4.78 is 13.8. The van der Waals surface area contributed by atoms with Gasteiger partial charge in [-0.3, -0.25) is 0 Å². The lowest BCUT2D eigenvalue weighted by molar-refractivity contribution is 0.228. The Balaban J connectivity index is 2.14. The molecule has 0 aliphatic rings. The molecule has 19 heavy (non-hydrogen) atoms. The number of ether oxygens (including phenoxy) is 2. The van der Waals surface area contributed by atoms with Gasteiger partial charge in [0.15, 0.2) is 0 Å². The van der Waals surface area contributed by atoms with Crippen LogP contribution < -0.4 is 9.47 Å². The van der Waals surface area contributed by atoms with E-state index in [-0.39, 0.29) is 6.10 Å². The molecule has 0 aliphatic carbocycles. The molecule has 0 atom stereocenters. The summed E-state index contributed by atoms with van der Waals surface area (Å²) in [6, 6.07) is 7.59. The highest BCUT2D eigenvalue weighted by Crippen LogP contribution is 2.28. The van der Waals surface area contributed by atoms with Crippen molar-refractivity contribution in [1.29, 1.82) is 0 Å². The number of halogens is 1. The van der Waals surface area contributed by atoms with Gasteiger partial charge in [-0.15, -0.1) is 5.10 Å². The lowest BCUT2D eigenvalue weighted by atomic mass is 10.2. The molecule has 0 bridgehead atoms. The lowest BCUT2D eigenvalue weighted by Crippen LogP contribution is -2.09. The molecule has 4 nitrogen and oxygen atoms in total. The van der Waals surface area contributed by atoms with Crippen LogP contribution in [0.2, 0.25) is 0 Å². The van der Waals surface area contributed by atoms with Crippen molar-refractivity contribution in [1.82, 2.24) is 9.19 Å². The molecule has 1 heterocycles. The Morgan fingerprint density at radius 2 is 2.16 bits per heavy atom. The van der Waals surface area contributed by atoms with Crippen LogP contribution >= 0.6 is 28.7 Å². The van der Waals surface area contributed by atoms with Gasteiger partial charge in [0, 0.05) is 22.3 Å². The van der Waals surface area contributed by atoms with Crippen LogP contribution in [0.1, 0.15) is 19.4 Å². The second-order valence-electron chi connectivity index (χ2n) is 4.25. The molecule has 0 saturated heterocycles. The highest BCUT2D eigenvalue weighted by molar-refractivity contribution is 9.10. The number of benzene rings is 1. The third kappa shape index (κ3) is 3.91. The van der Waals surface area contributed by atoms with E-state index >= 15 is 0 Å². The first-order valence-corrected chi connectivity index (χ1v) is 7.07. The number of hydrogen-bond acceptors (Lipinski definition) is 4. The highest BCUT2D eigenvalue weighted by Gasteiger charge is 2.11. The minimum atomic E-state index is 0.115. The molecule has 0 radical (unpaired) electrons. The zero-order valence-electron chi connectivity index (χ0n) is 10.7. The molecule has 1 aromatic heterocycles. The van der Waals surface area contributed by atoms with Gasteiger partial charge in [0.05, 0.1) is 6.10 Å². The van der Waals surface area contributed by atoms with E-state index in [0.29, 0.717) is 12.5 Å². The summed E-state index contributed by atoms with van der Waals surface area (Å²) in [7, 11) is 0. The van der Waals surface area contributed by atoms with Crippen molar-refractivity contribution in [2.45, 2.75) is 26.6 Å². The van der Waals surface area contributed by atoms with Gasteiger partial charge in [-0.1, -0.05) is 22.0 Å². The molecular formula is C13H15BrN2O2S. The van der Waals surface area contributed by atoms with E-state index in [9.17, 15) is 0 Å². The topological polar surface area (TPSA) is 36.3 Å². The first-order chi connectivity index (χ1) is 9.06. The zero-order valence-corrected chi connectivity index (χ0v) is 13.2. The summed E-state index contributed by atoms with van der Waals surface area (Å²) in [5, 5.41) is 4.05. The fourth-order valence-electron chi connectivity index (χ4n) is 1.56. The van der Waals surface area contributed by atoms with E-state index in [1.54, 1.807) is 12.3 Å². The average Bonchev–Trinajstić information content (AvgIpc) is 2.73. The van der Waals surface area contributed by atoms with Gasteiger partial charge in [-0.25, -0.2) is 4.09 Å². The summed E-state index contributed by atoms with van der Waals surface area (Å²) in [6.45, 7) is 4.37. The van der Waals surface area contributed by atoms with E-state index < -0.39 is 0 Å². The Bertz CT molecular complexity index is 557. The molecule has 0 N–H and O–H groups in total. The second-order valence-corrected chi connectivity index (χ2v) is 5.51. The summed E-state index contributed by atoms with van der Waals surface area (Å²) >= 11 is 7.58. The van der Waals surface area contributed by atoms with Crippen LogP contribution in [0.25, 0.3) is 0 Å². The van der Waals surface area contributed by atoms with Crippen LogP contribution in [-0.2, 0) is 6.61 Å². The molecule has 0 spiro atoms. The SMILES string of the molecule is CC(C)Oc1cccc(Br)c1COc1ccn(S)n1. The van der Waals surface area contributed by atoms with Crippen LogP contribution in [0.4, 0.5) is 0 Å². The third-order valence-corrected chi connectivity index (χ3v) is 3.32. The standard InChI is InChI=1S/C13H15BrN2O2S/c1-9(2)18-12-5-3-4-11(14)10(12)8-17-13-6-7-16(19)15-13/h3-7,9,19H,8H2,1-2H3. The van der Waals surface area contributed by atoms with E-state index in [4.69, 9.17) is 9.47 Å². The third-order valence-electron chi connectivity index (χ3n) is 2.35. The predicted molar refractivity (Wildman–Crippen MR) is 80.8 cm³/mol. The van der Waals surface area contributed by atoms with Crippen LogP contribution in [0.15, 0.2) is 34.9 Å². The van der Waals surface area contributed by atoms with E-state index in [1.807, 2.05) is 32.0 Å². The fourth-order valence-corrected chi connectivity index (χ4v) is 2.18. The van der Waals surface area contributed by atoms with Gasteiger partial charge >= 0.3 is 0 Å². The van der Waals surface area contributed by atoms with Crippen LogP contribution in [0.3, 0.4) is 0 Å². The monoisotopic (exact) mass is 342 g/mol.